The monoisotopic (exact) mass is 942 g/mol. The third-order valence-electron chi connectivity index (χ3n) is 9.84. The summed E-state index contributed by atoms with van der Waals surface area (Å²) in [5.41, 5.74) is 4.77. The Morgan fingerprint density at radius 3 is 1.23 bits per heavy atom. The van der Waals surface area contributed by atoms with Gasteiger partial charge in [-0.2, -0.15) is 20.5 Å². The summed E-state index contributed by atoms with van der Waals surface area (Å²) in [6.07, 6.45) is 1.07. The van der Waals surface area contributed by atoms with Crippen molar-refractivity contribution in [3.8, 4) is 0 Å². The van der Waals surface area contributed by atoms with Crippen molar-refractivity contribution >= 4 is 116 Å². The molecule has 0 radical (unpaired) electrons. The molecule has 64 heavy (non-hydrogen) atoms. The predicted octanol–water partition coefficient (Wildman–Crippen LogP) is 11.0. The van der Waals surface area contributed by atoms with Crippen LogP contribution in [0, 0.1) is 13.8 Å². The zero-order valence-electron chi connectivity index (χ0n) is 35.0. The van der Waals surface area contributed by atoms with E-state index < -0.39 is 47.3 Å². The zero-order chi connectivity index (χ0) is 46.5. The predicted molar refractivity (Wildman–Crippen MR) is 252 cm³/mol. The second-order valence-electron chi connectivity index (χ2n) is 14.2. The van der Waals surface area contributed by atoms with E-state index in [4.69, 9.17) is 46.4 Å². The Balaban J connectivity index is 1.27. The number of carbonyl (C=O) groups is 6. The van der Waals surface area contributed by atoms with Crippen molar-refractivity contribution in [1.29, 1.82) is 0 Å². The number of nitrogens with one attached hydrogen (secondary N) is 4. The summed E-state index contributed by atoms with van der Waals surface area (Å²) in [6.45, 7) is 5.72. The van der Waals surface area contributed by atoms with Crippen LogP contribution in [-0.4, -0.2) is 59.0 Å². The van der Waals surface area contributed by atoms with Crippen LogP contribution in [0.1, 0.15) is 56.8 Å². The number of aryl methyl sites for hydroxylation is 2. The van der Waals surface area contributed by atoms with E-state index >= 15 is 0 Å². The highest BCUT2D eigenvalue weighted by Gasteiger charge is 2.27. The Kier molecular flexibility index (Phi) is 17.4. The fraction of sp³-hybridized carbons (Fsp3) is 0.217. The van der Waals surface area contributed by atoms with Crippen LogP contribution in [0.15, 0.2) is 118 Å². The van der Waals surface area contributed by atoms with Gasteiger partial charge in [-0.15, -0.1) is 23.2 Å². The maximum Gasteiger partial charge on any atom is 0.258 e. The quantitative estimate of drug-likeness (QED) is 0.0382. The van der Waals surface area contributed by atoms with Crippen molar-refractivity contribution in [2.75, 3.05) is 33.0 Å². The lowest BCUT2D eigenvalue weighted by molar-refractivity contribution is -0.127. The standard InChI is InChI=1S/C46H42Cl4N8O6/c1-25-26(2)34(52-46(64)42(28(4)60)58-56-38-18-10-14-32(40(38)50)44(62)54-36-16-8-6-12-30(36)22-24-48)20-19-33(25)51-45(63)41(27(3)59)57-55-37-17-9-13-31(39(37)49)43(61)53-35-15-7-5-11-29(35)21-23-47/h5-20,41-42H,21-24H2,1-4H3,(H,51,63)(H,52,64)(H,53,61)(H,54,62). The molecule has 14 nitrogen and oxygen atoms in total. The molecular weight excluding hydrogens is 902 g/mol. The molecule has 0 fully saturated rings. The highest BCUT2D eigenvalue weighted by Crippen LogP contribution is 2.33. The molecule has 2 unspecified atom stereocenters. The smallest absolute Gasteiger partial charge is 0.258 e. The first-order valence-corrected chi connectivity index (χ1v) is 21.5. The van der Waals surface area contributed by atoms with Crippen molar-refractivity contribution < 1.29 is 28.8 Å². The lowest BCUT2D eigenvalue weighted by Gasteiger charge is -2.17. The first-order valence-electron chi connectivity index (χ1n) is 19.7. The molecule has 4 N–H and O–H groups in total. The largest absolute Gasteiger partial charge is 0.324 e. The molecule has 0 aliphatic heterocycles. The fourth-order valence-electron chi connectivity index (χ4n) is 6.22. The fourth-order valence-corrected chi connectivity index (χ4v) is 7.12. The third-order valence-corrected chi connectivity index (χ3v) is 11.0. The maximum atomic E-state index is 13.4. The molecule has 0 bridgehead atoms. The number of ketones is 2. The molecular formula is C46H42Cl4N8O6. The Labute approximate surface area is 389 Å². The van der Waals surface area contributed by atoms with Gasteiger partial charge in [0.25, 0.3) is 23.6 Å². The van der Waals surface area contributed by atoms with Crippen LogP contribution in [0.2, 0.25) is 10.0 Å². The number of carbonyl (C=O) groups excluding carboxylic acids is 6. The molecule has 5 aromatic carbocycles. The van der Waals surface area contributed by atoms with Gasteiger partial charge < -0.3 is 21.3 Å². The van der Waals surface area contributed by atoms with Gasteiger partial charge in [0.1, 0.15) is 11.4 Å². The molecule has 0 aliphatic rings. The van der Waals surface area contributed by atoms with Crippen LogP contribution in [0.3, 0.4) is 0 Å². The summed E-state index contributed by atoms with van der Waals surface area (Å²) in [5, 5.41) is 27.1. The summed E-state index contributed by atoms with van der Waals surface area (Å²) in [5.74, 6) is -3.13. The van der Waals surface area contributed by atoms with Crippen molar-refractivity contribution in [2.24, 2.45) is 20.5 Å². The van der Waals surface area contributed by atoms with Gasteiger partial charge in [-0.25, -0.2) is 0 Å². The normalized spacial score (nSPS) is 12.1. The van der Waals surface area contributed by atoms with E-state index in [1.54, 1.807) is 50.2 Å². The minimum atomic E-state index is -1.59. The van der Waals surface area contributed by atoms with Gasteiger partial charge >= 0.3 is 0 Å². The van der Waals surface area contributed by atoms with E-state index in [2.05, 4.69) is 41.7 Å². The molecule has 5 rings (SSSR count). The number of hydrogen-bond acceptors (Lipinski definition) is 10. The molecule has 0 saturated heterocycles. The number of amides is 4. The van der Waals surface area contributed by atoms with Gasteiger partial charge in [0.05, 0.1) is 21.2 Å². The minimum Gasteiger partial charge on any atom is -0.324 e. The van der Waals surface area contributed by atoms with E-state index in [1.165, 1.54) is 50.2 Å². The van der Waals surface area contributed by atoms with Crippen molar-refractivity contribution in [1.82, 2.24) is 0 Å². The molecule has 18 heteroatoms. The summed E-state index contributed by atoms with van der Waals surface area (Å²) < 4.78 is 0. The van der Waals surface area contributed by atoms with Gasteiger partial charge in [-0.05, 0) is 111 Å². The number of benzene rings is 5. The Hall–Kier alpha value is -6.32. The van der Waals surface area contributed by atoms with Gasteiger partial charge in [-0.3, -0.25) is 28.8 Å². The molecule has 0 spiro atoms. The number of anilines is 4. The minimum absolute atomic E-state index is 0.0437. The summed E-state index contributed by atoms with van der Waals surface area (Å²) >= 11 is 25.0. The Morgan fingerprint density at radius 1 is 0.500 bits per heavy atom. The van der Waals surface area contributed by atoms with Gasteiger partial charge in [0.2, 0.25) is 12.1 Å². The van der Waals surface area contributed by atoms with E-state index in [-0.39, 0.29) is 32.5 Å². The number of alkyl halides is 2. The molecule has 0 heterocycles. The molecule has 0 aromatic heterocycles. The average molecular weight is 945 g/mol. The summed E-state index contributed by atoms with van der Waals surface area (Å²) in [7, 11) is 0. The molecule has 0 aliphatic carbocycles. The number of Topliss-reactive ketones (excluding diaryl/α,β-unsaturated/α-hetero) is 2. The SMILES string of the molecule is CC(=O)C(N=Nc1cccc(C(=O)Nc2ccccc2CCCl)c1Cl)C(=O)Nc1ccc(NC(=O)C(N=Nc2cccc(C(=O)Nc3ccccc3CCCl)c2Cl)C(C)=O)c(C)c1C. The average Bonchev–Trinajstić information content (AvgIpc) is 3.26. The van der Waals surface area contributed by atoms with Crippen molar-refractivity contribution in [3.63, 3.8) is 0 Å². The van der Waals surface area contributed by atoms with E-state index in [1.807, 2.05) is 24.3 Å². The topological polar surface area (TPSA) is 200 Å². The second kappa shape index (κ2) is 22.9. The summed E-state index contributed by atoms with van der Waals surface area (Å²) in [6, 6.07) is 23.3. The number of nitrogens with zero attached hydrogens (tertiary/aromatic N) is 4. The molecule has 2 atom stereocenters. The van der Waals surface area contributed by atoms with Crippen LogP contribution in [0.5, 0.6) is 0 Å². The Bertz CT molecular complexity index is 2490. The van der Waals surface area contributed by atoms with E-state index in [0.717, 1.165) is 11.1 Å². The van der Waals surface area contributed by atoms with Crippen LogP contribution < -0.4 is 21.3 Å². The summed E-state index contributed by atoms with van der Waals surface area (Å²) in [4.78, 5) is 78.6. The third kappa shape index (κ3) is 12.2. The lowest BCUT2D eigenvalue weighted by atomic mass is 10.0. The van der Waals surface area contributed by atoms with Crippen molar-refractivity contribution in [2.45, 2.75) is 52.6 Å². The highest BCUT2D eigenvalue weighted by atomic mass is 35.5. The number of para-hydroxylation sites is 2. The molecule has 4 amide bonds. The number of rotatable bonds is 18. The van der Waals surface area contributed by atoms with Crippen LogP contribution >= 0.6 is 46.4 Å². The second-order valence-corrected chi connectivity index (χ2v) is 15.7. The molecule has 5 aromatic rings. The molecule has 0 saturated carbocycles. The van der Waals surface area contributed by atoms with Gasteiger partial charge in [-0.1, -0.05) is 71.7 Å². The Morgan fingerprint density at radius 2 is 0.875 bits per heavy atom. The molecule has 330 valence electrons. The van der Waals surface area contributed by atoms with Crippen molar-refractivity contribution in [3.05, 3.63) is 140 Å². The highest BCUT2D eigenvalue weighted by molar-refractivity contribution is 6.37. The van der Waals surface area contributed by atoms with E-state index in [0.29, 0.717) is 58.5 Å². The number of halogens is 4. The number of azo groups is 2. The van der Waals surface area contributed by atoms with Gasteiger partial charge in [0.15, 0.2) is 11.6 Å². The first-order chi connectivity index (χ1) is 30.6. The van der Waals surface area contributed by atoms with Crippen LogP contribution in [0.25, 0.3) is 0 Å². The lowest BCUT2D eigenvalue weighted by Crippen LogP contribution is -2.33. The maximum absolute atomic E-state index is 13.4. The first kappa shape index (κ1) is 48.7. The van der Waals surface area contributed by atoms with Gasteiger partial charge in [0, 0.05) is 34.5 Å². The van der Waals surface area contributed by atoms with Crippen LogP contribution in [-0.2, 0) is 32.0 Å². The number of hydrogen-bond donors (Lipinski definition) is 4. The van der Waals surface area contributed by atoms with E-state index in [9.17, 15) is 28.8 Å². The van der Waals surface area contributed by atoms with Crippen LogP contribution in [0.4, 0.5) is 34.1 Å². The zero-order valence-corrected chi connectivity index (χ0v) is 38.0.